The van der Waals surface area contributed by atoms with E-state index in [4.69, 9.17) is 4.74 Å². The molecule has 1 N–H and O–H groups in total. The van der Waals surface area contributed by atoms with Gasteiger partial charge >= 0.3 is 0 Å². The fourth-order valence-corrected chi connectivity index (χ4v) is 2.47. The summed E-state index contributed by atoms with van der Waals surface area (Å²) in [5.74, 6) is 0. The molecule has 94 valence electrons. The summed E-state index contributed by atoms with van der Waals surface area (Å²) in [6, 6.07) is 1.36. The molecule has 2 fully saturated rings. The standard InChI is InChI=1S/C13H21N3O/c1-2-17-13-5-11(6-13)16-9-14-7-12(16)8-15-10-3-4-10/h7,9-11,13,15H,2-6,8H2,1H3. The summed E-state index contributed by atoms with van der Waals surface area (Å²) in [7, 11) is 0. The van der Waals surface area contributed by atoms with Crippen molar-refractivity contribution in [3.8, 4) is 0 Å². The summed E-state index contributed by atoms with van der Waals surface area (Å²) in [5, 5.41) is 3.55. The second-order valence-corrected chi connectivity index (χ2v) is 5.15. The first-order chi connectivity index (χ1) is 8.36. The average molecular weight is 235 g/mol. The van der Waals surface area contributed by atoms with Gasteiger partial charge in [-0.15, -0.1) is 0 Å². The molecule has 0 radical (unpaired) electrons. The van der Waals surface area contributed by atoms with Crippen molar-refractivity contribution in [2.75, 3.05) is 6.61 Å². The van der Waals surface area contributed by atoms with E-state index in [9.17, 15) is 0 Å². The van der Waals surface area contributed by atoms with Gasteiger partial charge in [0.15, 0.2) is 0 Å². The highest BCUT2D eigenvalue weighted by molar-refractivity contribution is 5.04. The van der Waals surface area contributed by atoms with Crippen molar-refractivity contribution >= 4 is 0 Å². The van der Waals surface area contributed by atoms with Gasteiger partial charge in [-0.1, -0.05) is 0 Å². The molecule has 1 aromatic heterocycles. The molecule has 0 aromatic carbocycles. The molecule has 0 aliphatic heterocycles. The van der Waals surface area contributed by atoms with Crippen LogP contribution in [0.3, 0.4) is 0 Å². The lowest BCUT2D eigenvalue weighted by Gasteiger charge is -2.36. The Hall–Kier alpha value is -0.870. The quantitative estimate of drug-likeness (QED) is 0.818. The zero-order valence-corrected chi connectivity index (χ0v) is 10.4. The van der Waals surface area contributed by atoms with Gasteiger partial charge in [0.2, 0.25) is 0 Å². The van der Waals surface area contributed by atoms with Crippen LogP contribution in [-0.2, 0) is 11.3 Å². The molecule has 3 rings (SSSR count). The van der Waals surface area contributed by atoms with Gasteiger partial charge in [-0.05, 0) is 32.6 Å². The second-order valence-electron chi connectivity index (χ2n) is 5.15. The number of aromatic nitrogens is 2. The van der Waals surface area contributed by atoms with Crippen molar-refractivity contribution in [3.05, 3.63) is 18.2 Å². The fraction of sp³-hybridized carbons (Fsp3) is 0.769. The number of hydrogen-bond donors (Lipinski definition) is 1. The molecule has 0 bridgehead atoms. The molecule has 4 heteroatoms. The number of nitrogens with zero attached hydrogens (tertiary/aromatic N) is 2. The Morgan fingerprint density at radius 1 is 1.47 bits per heavy atom. The zero-order chi connectivity index (χ0) is 11.7. The first-order valence-electron chi connectivity index (χ1n) is 6.72. The summed E-state index contributed by atoms with van der Waals surface area (Å²) in [6.45, 7) is 3.85. The van der Waals surface area contributed by atoms with Gasteiger partial charge in [0.05, 0.1) is 18.1 Å². The minimum atomic E-state index is 0.469. The smallest absolute Gasteiger partial charge is 0.0951 e. The minimum Gasteiger partial charge on any atom is -0.378 e. The number of nitrogens with one attached hydrogen (secondary N) is 1. The maximum Gasteiger partial charge on any atom is 0.0951 e. The Labute approximate surface area is 102 Å². The van der Waals surface area contributed by atoms with Crippen molar-refractivity contribution in [2.45, 2.75) is 57.3 Å². The SMILES string of the molecule is CCOC1CC(n2cncc2CNC2CC2)C1. The van der Waals surface area contributed by atoms with E-state index in [1.807, 2.05) is 12.5 Å². The summed E-state index contributed by atoms with van der Waals surface area (Å²) in [6.07, 6.45) is 9.38. The van der Waals surface area contributed by atoms with Crippen LogP contribution in [0.25, 0.3) is 0 Å². The number of rotatable bonds is 6. The van der Waals surface area contributed by atoms with Crippen molar-refractivity contribution in [1.82, 2.24) is 14.9 Å². The molecular formula is C13H21N3O. The molecule has 2 saturated carbocycles. The molecule has 0 amide bonds. The molecule has 4 nitrogen and oxygen atoms in total. The highest BCUT2D eigenvalue weighted by Gasteiger charge is 2.32. The van der Waals surface area contributed by atoms with Gasteiger partial charge in [-0.3, -0.25) is 0 Å². The Morgan fingerprint density at radius 3 is 3.00 bits per heavy atom. The molecule has 0 spiro atoms. The predicted octanol–water partition coefficient (Wildman–Crippen LogP) is 1.88. The third kappa shape index (κ3) is 2.53. The van der Waals surface area contributed by atoms with E-state index in [0.29, 0.717) is 12.1 Å². The third-order valence-corrected chi connectivity index (χ3v) is 3.76. The predicted molar refractivity (Wildman–Crippen MR) is 65.8 cm³/mol. The van der Waals surface area contributed by atoms with Gasteiger partial charge < -0.3 is 14.6 Å². The van der Waals surface area contributed by atoms with Crippen LogP contribution in [0.4, 0.5) is 0 Å². The van der Waals surface area contributed by atoms with Gasteiger partial charge in [-0.25, -0.2) is 4.98 Å². The third-order valence-electron chi connectivity index (χ3n) is 3.76. The number of imidazole rings is 1. The molecule has 2 aliphatic rings. The number of ether oxygens (including phenoxy) is 1. The Kier molecular flexibility index (Phi) is 3.16. The van der Waals surface area contributed by atoms with E-state index < -0.39 is 0 Å². The van der Waals surface area contributed by atoms with Crippen molar-refractivity contribution < 1.29 is 4.74 Å². The maximum atomic E-state index is 5.60. The van der Waals surface area contributed by atoms with Crippen LogP contribution >= 0.6 is 0 Å². The molecule has 0 unspecified atom stereocenters. The van der Waals surface area contributed by atoms with Crippen LogP contribution in [0.2, 0.25) is 0 Å². The summed E-state index contributed by atoms with van der Waals surface area (Å²) >= 11 is 0. The van der Waals surface area contributed by atoms with Gasteiger partial charge in [0.25, 0.3) is 0 Å². The molecule has 0 saturated heterocycles. The van der Waals surface area contributed by atoms with E-state index in [1.54, 1.807) is 0 Å². The van der Waals surface area contributed by atoms with E-state index in [0.717, 1.165) is 32.0 Å². The Balaban J connectivity index is 1.54. The molecular weight excluding hydrogens is 214 g/mol. The second kappa shape index (κ2) is 4.78. The van der Waals surface area contributed by atoms with Crippen LogP contribution in [0.5, 0.6) is 0 Å². The Morgan fingerprint density at radius 2 is 2.29 bits per heavy atom. The Bertz CT molecular complexity index is 366. The van der Waals surface area contributed by atoms with Crippen LogP contribution in [0.1, 0.15) is 44.3 Å². The molecule has 2 aliphatic carbocycles. The van der Waals surface area contributed by atoms with Crippen LogP contribution in [0, 0.1) is 0 Å². The largest absolute Gasteiger partial charge is 0.378 e. The lowest BCUT2D eigenvalue weighted by molar-refractivity contribution is -0.0203. The first-order valence-corrected chi connectivity index (χ1v) is 6.72. The fourth-order valence-electron chi connectivity index (χ4n) is 2.47. The molecule has 0 atom stereocenters. The van der Waals surface area contributed by atoms with E-state index in [2.05, 4.69) is 21.8 Å². The van der Waals surface area contributed by atoms with Crippen LogP contribution in [-0.4, -0.2) is 28.3 Å². The lowest BCUT2D eigenvalue weighted by atomic mass is 9.89. The minimum absolute atomic E-state index is 0.469. The average Bonchev–Trinajstić information content (AvgIpc) is 2.99. The highest BCUT2D eigenvalue weighted by atomic mass is 16.5. The van der Waals surface area contributed by atoms with E-state index in [-0.39, 0.29) is 0 Å². The van der Waals surface area contributed by atoms with Gasteiger partial charge in [-0.2, -0.15) is 0 Å². The summed E-state index contributed by atoms with van der Waals surface area (Å²) in [5.41, 5.74) is 1.32. The van der Waals surface area contributed by atoms with Gasteiger partial charge in [0, 0.05) is 31.4 Å². The van der Waals surface area contributed by atoms with Gasteiger partial charge in [0.1, 0.15) is 0 Å². The molecule has 1 heterocycles. The maximum absolute atomic E-state index is 5.60. The molecule has 1 aromatic rings. The summed E-state index contributed by atoms with van der Waals surface area (Å²) < 4.78 is 7.93. The lowest BCUT2D eigenvalue weighted by Crippen LogP contribution is -2.34. The van der Waals surface area contributed by atoms with E-state index >= 15 is 0 Å². The van der Waals surface area contributed by atoms with Crippen molar-refractivity contribution in [1.29, 1.82) is 0 Å². The van der Waals surface area contributed by atoms with Crippen LogP contribution < -0.4 is 5.32 Å². The topological polar surface area (TPSA) is 39.1 Å². The summed E-state index contributed by atoms with van der Waals surface area (Å²) in [4.78, 5) is 4.28. The molecule has 17 heavy (non-hydrogen) atoms. The van der Waals surface area contributed by atoms with Crippen LogP contribution in [0.15, 0.2) is 12.5 Å². The highest BCUT2D eigenvalue weighted by Crippen LogP contribution is 2.35. The first kappa shape index (κ1) is 11.2. The van der Waals surface area contributed by atoms with Crippen molar-refractivity contribution in [2.24, 2.45) is 0 Å². The number of hydrogen-bond acceptors (Lipinski definition) is 3. The van der Waals surface area contributed by atoms with E-state index in [1.165, 1.54) is 18.5 Å². The van der Waals surface area contributed by atoms with Crippen molar-refractivity contribution in [3.63, 3.8) is 0 Å². The monoisotopic (exact) mass is 235 g/mol. The zero-order valence-electron chi connectivity index (χ0n) is 10.4. The normalized spacial score (nSPS) is 28.1.